The average molecular weight is 239 g/mol. The van der Waals surface area contributed by atoms with Gasteiger partial charge in [0, 0.05) is 12.6 Å². The standard InChI is InChI=1S/C15H29NO/c1-4-12-6-5-7-13(10-12)14(16-3)15-11(2)8-9-17-15/h11-16H,4-10H2,1-3H3. The largest absolute Gasteiger partial charge is 0.376 e. The van der Waals surface area contributed by atoms with Crippen molar-refractivity contribution in [1.82, 2.24) is 5.32 Å². The SMILES string of the molecule is CCC1CCCC(C(NC)C2OCCC2C)C1. The van der Waals surface area contributed by atoms with E-state index in [2.05, 4.69) is 26.2 Å². The second kappa shape index (κ2) is 6.19. The summed E-state index contributed by atoms with van der Waals surface area (Å²) in [4.78, 5) is 0. The molecule has 2 heteroatoms. The van der Waals surface area contributed by atoms with E-state index in [1.807, 2.05) is 0 Å². The third-order valence-corrected chi connectivity index (χ3v) is 5.04. The summed E-state index contributed by atoms with van der Waals surface area (Å²) in [6.07, 6.45) is 8.73. The molecule has 0 aromatic heterocycles. The van der Waals surface area contributed by atoms with Crippen molar-refractivity contribution in [3.63, 3.8) is 0 Å². The molecule has 2 nitrogen and oxygen atoms in total. The van der Waals surface area contributed by atoms with E-state index in [1.165, 1.54) is 38.5 Å². The number of hydrogen-bond acceptors (Lipinski definition) is 2. The summed E-state index contributed by atoms with van der Waals surface area (Å²) in [5.41, 5.74) is 0. The van der Waals surface area contributed by atoms with Crippen LogP contribution in [0.15, 0.2) is 0 Å². The van der Waals surface area contributed by atoms with Gasteiger partial charge in [0.2, 0.25) is 0 Å². The van der Waals surface area contributed by atoms with Crippen LogP contribution >= 0.6 is 0 Å². The number of rotatable bonds is 4. The lowest BCUT2D eigenvalue weighted by atomic mass is 9.74. The van der Waals surface area contributed by atoms with E-state index in [-0.39, 0.29) is 0 Å². The van der Waals surface area contributed by atoms with Crippen LogP contribution < -0.4 is 5.32 Å². The first-order valence-electron chi connectivity index (χ1n) is 7.55. The molecule has 2 aliphatic rings. The monoisotopic (exact) mass is 239 g/mol. The molecule has 1 N–H and O–H groups in total. The Morgan fingerprint density at radius 1 is 1.29 bits per heavy atom. The summed E-state index contributed by atoms with van der Waals surface area (Å²) in [7, 11) is 2.12. The molecule has 0 bridgehead atoms. The molecule has 5 unspecified atom stereocenters. The zero-order valence-corrected chi connectivity index (χ0v) is 11.7. The topological polar surface area (TPSA) is 21.3 Å². The molecule has 1 saturated carbocycles. The van der Waals surface area contributed by atoms with E-state index < -0.39 is 0 Å². The Hall–Kier alpha value is -0.0800. The lowest BCUT2D eigenvalue weighted by Crippen LogP contribution is -2.47. The molecule has 2 fully saturated rings. The van der Waals surface area contributed by atoms with Crippen LogP contribution in [0, 0.1) is 17.8 Å². The highest BCUT2D eigenvalue weighted by Gasteiger charge is 2.37. The van der Waals surface area contributed by atoms with Crippen molar-refractivity contribution in [1.29, 1.82) is 0 Å². The van der Waals surface area contributed by atoms with Crippen molar-refractivity contribution in [3.8, 4) is 0 Å². The van der Waals surface area contributed by atoms with E-state index in [1.54, 1.807) is 0 Å². The predicted octanol–water partition coefficient (Wildman–Crippen LogP) is 3.22. The lowest BCUT2D eigenvalue weighted by Gasteiger charge is -2.38. The summed E-state index contributed by atoms with van der Waals surface area (Å²) in [6.45, 7) is 5.66. The minimum Gasteiger partial charge on any atom is -0.376 e. The maximum Gasteiger partial charge on any atom is 0.0756 e. The highest BCUT2D eigenvalue weighted by molar-refractivity contribution is 4.91. The van der Waals surface area contributed by atoms with Crippen LogP contribution in [0.4, 0.5) is 0 Å². The van der Waals surface area contributed by atoms with Gasteiger partial charge in [-0.1, -0.05) is 33.1 Å². The van der Waals surface area contributed by atoms with Gasteiger partial charge in [0.15, 0.2) is 0 Å². The van der Waals surface area contributed by atoms with Gasteiger partial charge in [-0.05, 0) is 44.1 Å². The Bertz CT molecular complexity index is 231. The second-order valence-electron chi connectivity index (χ2n) is 6.12. The van der Waals surface area contributed by atoms with Gasteiger partial charge < -0.3 is 10.1 Å². The Balaban J connectivity index is 1.97. The fourth-order valence-corrected chi connectivity index (χ4v) is 3.87. The number of ether oxygens (including phenoxy) is 1. The average Bonchev–Trinajstić information content (AvgIpc) is 2.77. The molecular weight excluding hydrogens is 210 g/mol. The van der Waals surface area contributed by atoms with Gasteiger partial charge in [-0.3, -0.25) is 0 Å². The van der Waals surface area contributed by atoms with Crippen LogP contribution in [0.5, 0.6) is 0 Å². The quantitative estimate of drug-likeness (QED) is 0.813. The first-order chi connectivity index (χ1) is 8.26. The Kier molecular flexibility index (Phi) is 4.87. The maximum atomic E-state index is 5.98. The fraction of sp³-hybridized carbons (Fsp3) is 1.00. The minimum atomic E-state index is 0.459. The van der Waals surface area contributed by atoms with Gasteiger partial charge in [-0.15, -0.1) is 0 Å². The molecule has 17 heavy (non-hydrogen) atoms. The van der Waals surface area contributed by atoms with Crippen LogP contribution in [0.3, 0.4) is 0 Å². The Labute approximate surface area is 107 Å². The van der Waals surface area contributed by atoms with Gasteiger partial charge in [-0.2, -0.15) is 0 Å². The molecular formula is C15H29NO. The maximum absolute atomic E-state index is 5.98. The highest BCUT2D eigenvalue weighted by Crippen LogP contribution is 2.36. The van der Waals surface area contributed by atoms with E-state index in [0.29, 0.717) is 12.1 Å². The summed E-state index contributed by atoms with van der Waals surface area (Å²) in [5.74, 6) is 2.53. The summed E-state index contributed by atoms with van der Waals surface area (Å²) >= 11 is 0. The van der Waals surface area contributed by atoms with E-state index in [0.717, 1.165) is 24.4 Å². The molecule has 5 atom stereocenters. The van der Waals surface area contributed by atoms with Crippen LogP contribution in [0.25, 0.3) is 0 Å². The molecule has 1 heterocycles. The second-order valence-corrected chi connectivity index (χ2v) is 6.12. The van der Waals surface area contributed by atoms with Gasteiger partial charge in [-0.25, -0.2) is 0 Å². The van der Waals surface area contributed by atoms with Gasteiger partial charge in [0.05, 0.1) is 6.10 Å². The smallest absolute Gasteiger partial charge is 0.0756 e. The molecule has 2 rings (SSSR count). The van der Waals surface area contributed by atoms with Gasteiger partial charge >= 0.3 is 0 Å². The Morgan fingerprint density at radius 2 is 2.12 bits per heavy atom. The molecule has 0 radical (unpaired) electrons. The first-order valence-corrected chi connectivity index (χ1v) is 7.55. The number of nitrogens with one attached hydrogen (secondary N) is 1. The summed E-state index contributed by atoms with van der Waals surface area (Å²) < 4.78 is 5.98. The van der Waals surface area contributed by atoms with E-state index in [9.17, 15) is 0 Å². The van der Waals surface area contributed by atoms with Crippen molar-refractivity contribution in [2.75, 3.05) is 13.7 Å². The van der Waals surface area contributed by atoms with E-state index in [4.69, 9.17) is 4.74 Å². The highest BCUT2D eigenvalue weighted by atomic mass is 16.5. The summed E-state index contributed by atoms with van der Waals surface area (Å²) in [5, 5.41) is 3.56. The van der Waals surface area contributed by atoms with Crippen LogP contribution in [-0.4, -0.2) is 25.8 Å². The van der Waals surface area contributed by atoms with Crippen molar-refractivity contribution in [2.45, 2.75) is 64.5 Å². The number of hydrogen-bond donors (Lipinski definition) is 1. The minimum absolute atomic E-state index is 0.459. The molecule has 1 saturated heterocycles. The van der Waals surface area contributed by atoms with Gasteiger partial charge in [0.1, 0.15) is 0 Å². The molecule has 100 valence electrons. The third kappa shape index (κ3) is 3.03. The lowest BCUT2D eigenvalue weighted by molar-refractivity contribution is 0.0305. The van der Waals surface area contributed by atoms with Crippen LogP contribution in [0.2, 0.25) is 0 Å². The molecule has 1 aliphatic carbocycles. The molecule has 0 spiro atoms. The zero-order chi connectivity index (χ0) is 12.3. The molecule has 1 aliphatic heterocycles. The van der Waals surface area contributed by atoms with Crippen molar-refractivity contribution in [2.24, 2.45) is 17.8 Å². The van der Waals surface area contributed by atoms with Crippen molar-refractivity contribution >= 4 is 0 Å². The Morgan fingerprint density at radius 3 is 2.71 bits per heavy atom. The van der Waals surface area contributed by atoms with Crippen molar-refractivity contribution in [3.05, 3.63) is 0 Å². The van der Waals surface area contributed by atoms with E-state index >= 15 is 0 Å². The normalized spacial score (nSPS) is 40.4. The van der Waals surface area contributed by atoms with Crippen molar-refractivity contribution < 1.29 is 4.74 Å². The first kappa shape index (κ1) is 13.4. The van der Waals surface area contributed by atoms with Crippen LogP contribution in [-0.2, 0) is 4.74 Å². The fourth-order valence-electron chi connectivity index (χ4n) is 3.87. The summed E-state index contributed by atoms with van der Waals surface area (Å²) in [6, 6.07) is 0.585. The van der Waals surface area contributed by atoms with Crippen LogP contribution in [0.1, 0.15) is 52.4 Å². The van der Waals surface area contributed by atoms with Gasteiger partial charge in [0.25, 0.3) is 0 Å². The number of likely N-dealkylation sites (N-methyl/N-ethyl adjacent to an activating group) is 1. The predicted molar refractivity (Wildman–Crippen MR) is 72.1 cm³/mol. The molecule has 0 aromatic carbocycles. The molecule has 0 aromatic rings. The molecule has 0 amide bonds. The zero-order valence-electron chi connectivity index (χ0n) is 11.7. The third-order valence-electron chi connectivity index (χ3n) is 5.04.